The number of aromatic nitrogens is 2. The number of nitriles is 1. The van der Waals surface area contributed by atoms with Gasteiger partial charge in [0.05, 0.1) is 45.0 Å². The molecule has 230 valence electrons. The first kappa shape index (κ1) is 34.3. The Morgan fingerprint density at radius 3 is 2.46 bits per heavy atom. The van der Waals surface area contributed by atoms with Gasteiger partial charge in [-0.25, -0.2) is 9.36 Å². The second kappa shape index (κ2) is 14.3. The van der Waals surface area contributed by atoms with Crippen LogP contribution in [-0.4, -0.2) is 86.1 Å². The van der Waals surface area contributed by atoms with Crippen molar-refractivity contribution in [3.05, 3.63) is 32.6 Å². The zero-order valence-electron chi connectivity index (χ0n) is 23.7. The maximum atomic E-state index is 13.7. The molecule has 1 saturated heterocycles. The number of carbonyl (C=O) groups is 2. The number of aryl methyl sites for hydroxylation is 1. The van der Waals surface area contributed by atoms with E-state index in [2.05, 4.69) is 9.72 Å². The number of aliphatic hydroxyl groups excluding tert-OH is 1. The highest BCUT2D eigenvalue weighted by Crippen LogP contribution is 2.54. The molecule has 41 heavy (non-hydrogen) atoms. The number of nitrogens with one attached hydrogen (secondary N) is 1. The van der Waals surface area contributed by atoms with Crippen LogP contribution in [0.15, 0.2) is 15.8 Å². The van der Waals surface area contributed by atoms with E-state index in [1.807, 2.05) is 0 Å². The van der Waals surface area contributed by atoms with Crippen LogP contribution in [-0.2, 0) is 46.7 Å². The number of nitrogens with zero attached hydrogens (tertiary/aromatic N) is 2. The summed E-state index contributed by atoms with van der Waals surface area (Å²) in [7, 11) is -2.30. The Bertz CT molecular complexity index is 1280. The van der Waals surface area contributed by atoms with Gasteiger partial charge in [-0.1, -0.05) is 0 Å². The van der Waals surface area contributed by atoms with E-state index in [0.717, 1.165) is 11.7 Å². The summed E-state index contributed by atoms with van der Waals surface area (Å²) in [6.45, 7) is 3.71. The topological polar surface area (TPSA) is 215 Å². The van der Waals surface area contributed by atoms with Crippen LogP contribution in [0.4, 0.5) is 0 Å². The number of hydrogen-bond donors (Lipinski definition) is 2. The molecular formula is C24H36N3O13P. The number of esters is 2. The monoisotopic (exact) mass is 605 g/mol. The van der Waals surface area contributed by atoms with Gasteiger partial charge in [-0.3, -0.25) is 37.5 Å². The average molecular weight is 606 g/mol. The van der Waals surface area contributed by atoms with Crippen LogP contribution in [0.5, 0.6) is 0 Å². The highest BCUT2D eigenvalue weighted by molar-refractivity contribution is 7.48. The second-order valence-electron chi connectivity index (χ2n) is 10.2. The molecule has 2 N–H and O–H groups in total. The lowest BCUT2D eigenvalue weighted by Crippen LogP contribution is -2.39. The Morgan fingerprint density at radius 2 is 1.90 bits per heavy atom. The Balaban J connectivity index is 2.40. The molecule has 2 rings (SSSR count). The smallest absolute Gasteiger partial charge is 0.468 e. The van der Waals surface area contributed by atoms with Crippen molar-refractivity contribution in [1.29, 1.82) is 5.26 Å². The number of phosphoric acid groups is 1. The van der Waals surface area contributed by atoms with Crippen LogP contribution in [0.25, 0.3) is 0 Å². The van der Waals surface area contributed by atoms with Crippen molar-refractivity contribution in [2.45, 2.75) is 52.6 Å². The first-order chi connectivity index (χ1) is 19.1. The maximum absolute atomic E-state index is 13.7. The number of carbonyl (C=O) groups excluding carboxylic acids is 2. The van der Waals surface area contributed by atoms with E-state index < -0.39 is 73.5 Å². The zero-order chi connectivity index (χ0) is 31.0. The number of H-pyrrole nitrogens is 1. The van der Waals surface area contributed by atoms with Crippen molar-refractivity contribution in [2.75, 3.05) is 47.3 Å². The summed E-state index contributed by atoms with van der Waals surface area (Å²) in [5.41, 5.74) is -4.26. The fourth-order valence-electron chi connectivity index (χ4n) is 3.47. The van der Waals surface area contributed by atoms with Crippen molar-refractivity contribution in [3.63, 3.8) is 0 Å². The summed E-state index contributed by atoms with van der Waals surface area (Å²) >= 11 is 0. The number of hydrogen-bond acceptors (Lipinski definition) is 14. The van der Waals surface area contributed by atoms with Gasteiger partial charge in [0.15, 0.2) is 0 Å². The molecule has 2 heterocycles. The molecule has 1 aromatic heterocycles. The first-order valence-corrected chi connectivity index (χ1v) is 13.9. The minimum Gasteiger partial charge on any atom is -0.468 e. The molecule has 0 saturated carbocycles. The third kappa shape index (κ3) is 8.79. The van der Waals surface area contributed by atoms with Gasteiger partial charge in [-0.05, 0) is 27.7 Å². The molecule has 1 aliphatic rings. The van der Waals surface area contributed by atoms with Crippen molar-refractivity contribution in [1.82, 2.24) is 9.55 Å². The molecule has 0 aliphatic carbocycles. The number of phosphoric ester groups is 1. The molecule has 2 unspecified atom stereocenters. The van der Waals surface area contributed by atoms with E-state index in [4.69, 9.17) is 27.8 Å². The standard InChI is InChI=1S/C24H36N3O13P/c1-15-10-27(22(32)26-19(15)29)18-9-16(17(39-18)11-36-20(30)23(2,3)4)40-41(33,37-8-7-34-5)38-14-24(12-25,13-28)21(31)35-6/h10,16-18,28H,7-9,11,13-14H2,1-6H3,(H,26,29,32)/t16-,17+,18+,24?,41?/m0/s1. The highest BCUT2D eigenvalue weighted by atomic mass is 31.2. The summed E-state index contributed by atoms with van der Waals surface area (Å²) in [6, 6.07) is 1.59. The predicted molar refractivity (Wildman–Crippen MR) is 138 cm³/mol. The quantitative estimate of drug-likeness (QED) is 0.168. The lowest BCUT2D eigenvalue weighted by molar-refractivity contribution is -0.159. The zero-order valence-corrected chi connectivity index (χ0v) is 24.6. The van der Waals surface area contributed by atoms with Crippen molar-refractivity contribution in [2.24, 2.45) is 10.8 Å². The van der Waals surface area contributed by atoms with E-state index in [1.165, 1.54) is 20.2 Å². The SMILES string of the molecule is COCCOP(=O)(OCC(C#N)(CO)C(=O)OC)O[C@H]1C[C@H](n2cc(C)c(=O)[nH]c2=O)O[C@@H]1COC(=O)C(C)(C)C. The summed E-state index contributed by atoms with van der Waals surface area (Å²) < 4.78 is 52.0. The van der Waals surface area contributed by atoms with Gasteiger partial charge in [0.25, 0.3) is 5.56 Å². The van der Waals surface area contributed by atoms with E-state index in [9.17, 15) is 34.1 Å². The van der Waals surface area contributed by atoms with Crippen LogP contribution in [0, 0.1) is 29.1 Å². The van der Waals surface area contributed by atoms with Gasteiger partial charge in [0.1, 0.15) is 25.0 Å². The Morgan fingerprint density at radius 1 is 1.22 bits per heavy atom. The summed E-state index contributed by atoms with van der Waals surface area (Å²) in [6.07, 6.45) is -2.22. The predicted octanol–water partition coefficient (Wildman–Crippen LogP) is 0.570. The molecule has 0 spiro atoms. The molecule has 16 nitrogen and oxygen atoms in total. The molecule has 0 bridgehead atoms. The fraction of sp³-hybridized carbons (Fsp3) is 0.708. The number of rotatable bonds is 14. The molecule has 0 aromatic carbocycles. The lowest BCUT2D eigenvalue weighted by atomic mass is 9.93. The van der Waals surface area contributed by atoms with Crippen molar-refractivity contribution < 1.29 is 51.8 Å². The number of ether oxygens (including phenoxy) is 4. The van der Waals surface area contributed by atoms with Crippen LogP contribution in [0.2, 0.25) is 0 Å². The average Bonchev–Trinajstić information content (AvgIpc) is 3.31. The minimum absolute atomic E-state index is 0.0421. The largest absolute Gasteiger partial charge is 0.475 e. The summed E-state index contributed by atoms with van der Waals surface area (Å²) in [5.74, 6) is -1.72. The van der Waals surface area contributed by atoms with Crippen LogP contribution >= 0.6 is 7.82 Å². The molecule has 1 fully saturated rings. The number of aromatic amines is 1. The normalized spacial score (nSPS) is 21.9. The van der Waals surface area contributed by atoms with Crippen LogP contribution < -0.4 is 11.2 Å². The first-order valence-electron chi connectivity index (χ1n) is 12.5. The van der Waals surface area contributed by atoms with E-state index in [-0.39, 0.29) is 31.8 Å². The number of methoxy groups -OCH3 is 2. The third-order valence-corrected chi connectivity index (χ3v) is 7.43. The Labute approximate surface area is 236 Å². The van der Waals surface area contributed by atoms with Gasteiger partial charge in [-0.15, -0.1) is 0 Å². The molecule has 5 atom stereocenters. The van der Waals surface area contributed by atoms with Gasteiger partial charge >= 0.3 is 25.5 Å². The lowest BCUT2D eigenvalue weighted by Gasteiger charge is -2.27. The van der Waals surface area contributed by atoms with Crippen molar-refractivity contribution in [3.8, 4) is 6.07 Å². The second-order valence-corrected chi connectivity index (χ2v) is 11.8. The third-order valence-electron chi connectivity index (χ3n) is 5.96. The molecule has 1 aromatic rings. The van der Waals surface area contributed by atoms with Gasteiger partial charge in [-0.2, -0.15) is 5.26 Å². The van der Waals surface area contributed by atoms with Gasteiger partial charge in [0, 0.05) is 25.3 Å². The van der Waals surface area contributed by atoms with Crippen LogP contribution in [0.1, 0.15) is 39.0 Å². The van der Waals surface area contributed by atoms with Gasteiger partial charge < -0.3 is 24.1 Å². The van der Waals surface area contributed by atoms with E-state index in [1.54, 1.807) is 26.8 Å². The minimum atomic E-state index is -4.65. The molecular weight excluding hydrogens is 569 g/mol. The molecule has 1 aliphatic heterocycles. The fourth-order valence-corrected chi connectivity index (χ4v) is 4.90. The summed E-state index contributed by atoms with van der Waals surface area (Å²) in [4.78, 5) is 51.1. The van der Waals surface area contributed by atoms with E-state index >= 15 is 0 Å². The molecule has 0 amide bonds. The van der Waals surface area contributed by atoms with Crippen molar-refractivity contribution >= 4 is 19.8 Å². The Hall–Kier alpha value is -2.90. The summed E-state index contributed by atoms with van der Waals surface area (Å²) in [5, 5.41) is 19.2. The maximum Gasteiger partial charge on any atom is 0.475 e. The van der Waals surface area contributed by atoms with Crippen LogP contribution in [0.3, 0.4) is 0 Å². The number of aliphatic hydroxyl groups is 1. The molecule has 0 radical (unpaired) electrons. The Kier molecular flexibility index (Phi) is 12.0. The van der Waals surface area contributed by atoms with Gasteiger partial charge in [0.2, 0.25) is 5.41 Å². The highest BCUT2D eigenvalue weighted by Gasteiger charge is 2.47. The molecule has 17 heteroatoms. The van der Waals surface area contributed by atoms with E-state index in [0.29, 0.717) is 0 Å².